The van der Waals surface area contributed by atoms with Crippen LogP contribution in [0.2, 0.25) is 5.02 Å². The fourth-order valence-electron chi connectivity index (χ4n) is 2.18. The summed E-state index contributed by atoms with van der Waals surface area (Å²) in [6.07, 6.45) is 1.30. The van der Waals surface area contributed by atoms with Crippen LogP contribution in [0.4, 0.5) is 0 Å². The second-order valence-electron chi connectivity index (χ2n) is 4.65. The first-order chi connectivity index (χ1) is 9.04. The van der Waals surface area contributed by atoms with Crippen molar-refractivity contribution < 1.29 is 9.59 Å². The first-order valence-corrected chi connectivity index (χ1v) is 7.50. The van der Waals surface area contributed by atoms with Crippen molar-refractivity contribution in [2.45, 2.75) is 25.0 Å². The number of hydrogen-bond donors (Lipinski definition) is 0. The van der Waals surface area contributed by atoms with E-state index in [1.165, 1.54) is 17.3 Å². The highest BCUT2D eigenvalue weighted by Crippen LogP contribution is 2.24. The summed E-state index contributed by atoms with van der Waals surface area (Å²) in [5, 5.41) is 0.923. The number of likely N-dealkylation sites (tertiary alicyclic amines) is 1. The van der Waals surface area contributed by atoms with Crippen molar-refractivity contribution >= 4 is 34.4 Å². The third-order valence-electron chi connectivity index (χ3n) is 3.10. The summed E-state index contributed by atoms with van der Waals surface area (Å²) in [6.45, 7) is 2.93. The molecule has 1 aromatic rings. The fraction of sp³-hybridized carbons (Fsp3) is 0.429. The number of nitrogens with zero attached hydrogens (tertiary/aromatic N) is 1. The second-order valence-corrected chi connectivity index (χ2v) is 6.57. The second kappa shape index (κ2) is 6.44. The molecule has 1 amide bonds. The molecule has 1 fully saturated rings. The molecule has 1 atom stereocenters. The average Bonchev–Trinajstić information content (AvgIpc) is 2.68. The molecular weight excluding hydrogens is 282 g/mol. The standard InChI is InChI=1S/C14H16ClNO2S/c1-10(17)19-13-8-14(18)16(9-13)7-6-11-2-4-12(15)5-3-11/h2-5,13H,6-9H2,1H3. The maximum atomic E-state index is 11.8. The van der Waals surface area contributed by atoms with Gasteiger partial charge in [-0.2, -0.15) is 0 Å². The predicted molar refractivity (Wildman–Crippen MR) is 78.4 cm³/mol. The molecule has 102 valence electrons. The molecule has 0 aliphatic carbocycles. The molecule has 0 N–H and O–H groups in total. The highest BCUT2D eigenvalue weighted by molar-refractivity contribution is 8.14. The van der Waals surface area contributed by atoms with E-state index < -0.39 is 0 Å². The summed E-state index contributed by atoms with van der Waals surface area (Å²) < 4.78 is 0. The normalized spacial score (nSPS) is 18.9. The maximum Gasteiger partial charge on any atom is 0.223 e. The van der Waals surface area contributed by atoms with Gasteiger partial charge < -0.3 is 4.90 Å². The molecule has 1 aliphatic rings. The Morgan fingerprint density at radius 3 is 2.74 bits per heavy atom. The Bertz CT molecular complexity index is 475. The van der Waals surface area contributed by atoms with Crippen molar-refractivity contribution in [1.29, 1.82) is 0 Å². The van der Waals surface area contributed by atoms with Crippen molar-refractivity contribution in [1.82, 2.24) is 4.90 Å². The highest BCUT2D eigenvalue weighted by Gasteiger charge is 2.30. The molecular formula is C14H16ClNO2S. The molecule has 19 heavy (non-hydrogen) atoms. The minimum absolute atomic E-state index is 0.0809. The highest BCUT2D eigenvalue weighted by atomic mass is 35.5. The monoisotopic (exact) mass is 297 g/mol. The third kappa shape index (κ3) is 4.25. The van der Waals surface area contributed by atoms with Crippen molar-refractivity contribution in [3.63, 3.8) is 0 Å². The first-order valence-electron chi connectivity index (χ1n) is 6.24. The van der Waals surface area contributed by atoms with Gasteiger partial charge in [0.15, 0.2) is 5.12 Å². The Morgan fingerprint density at radius 1 is 1.42 bits per heavy atom. The van der Waals surface area contributed by atoms with Gasteiger partial charge in [0, 0.05) is 36.7 Å². The van der Waals surface area contributed by atoms with Crippen LogP contribution in [0, 0.1) is 0 Å². The molecule has 0 saturated carbocycles. The molecule has 1 heterocycles. The smallest absolute Gasteiger partial charge is 0.223 e. The van der Waals surface area contributed by atoms with Crippen LogP contribution in [0.5, 0.6) is 0 Å². The maximum absolute atomic E-state index is 11.8. The molecule has 0 aromatic heterocycles. The molecule has 1 aromatic carbocycles. The van der Waals surface area contributed by atoms with Gasteiger partial charge >= 0.3 is 0 Å². The lowest BCUT2D eigenvalue weighted by Crippen LogP contribution is -2.27. The van der Waals surface area contributed by atoms with Crippen molar-refractivity contribution in [3.05, 3.63) is 34.9 Å². The fourth-order valence-corrected chi connectivity index (χ4v) is 3.26. The van der Waals surface area contributed by atoms with Gasteiger partial charge in [-0.1, -0.05) is 35.5 Å². The van der Waals surface area contributed by atoms with Crippen LogP contribution < -0.4 is 0 Å². The average molecular weight is 298 g/mol. The summed E-state index contributed by atoms with van der Waals surface area (Å²) in [5.74, 6) is 0.146. The van der Waals surface area contributed by atoms with Gasteiger partial charge in [0.1, 0.15) is 0 Å². The lowest BCUT2D eigenvalue weighted by atomic mass is 10.1. The lowest BCUT2D eigenvalue weighted by Gasteiger charge is -2.16. The molecule has 3 nitrogen and oxygen atoms in total. The summed E-state index contributed by atoms with van der Waals surface area (Å²) in [7, 11) is 0. The van der Waals surface area contributed by atoms with Crippen LogP contribution >= 0.6 is 23.4 Å². The van der Waals surface area contributed by atoms with Gasteiger partial charge in [0.25, 0.3) is 0 Å². The van der Waals surface area contributed by atoms with Crippen LogP contribution in [-0.4, -0.2) is 34.3 Å². The van der Waals surface area contributed by atoms with Crippen LogP contribution in [0.25, 0.3) is 0 Å². The largest absolute Gasteiger partial charge is 0.341 e. The number of rotatable bonds is 4. The Kier molecular flexibility index (Phi) is 4.88. The van der Waals surface area contributed by atoms with Gasteiger partial charge in [-0.25, -0.2) is 0 Å². The van der Waals surface area contributed by atoms with Crippen molar-refractivity contribution in [2.75, 3.05) is 13.1 Å². The minimum Gasteiger partial charge on any atom is -0.341 e. The van der Waals surface area contributed by atoms with Gasteiger partial charge in [-0.15, -0.1) is 0 Å². The molecule has 2 rings (SSSR count). The number of hydrogen-bond acceptors (Lipinski definition) is 3. The molecule has 0 radical (unpaired) electrons. The zero-order valence-electron chi connectivity index (χ0n) is 10.8. The van der Waals surface area contributed by atoms with E-state index >= 15 is 0 Å². The Morgan fingerprint density at radius 2 is 2.11 bits per heavy atom. The van der Waals surface area contributed by atoms with Crippen LogP contribution in [-0.2, 0) is 16.0 Å². The number of halogens is 1. The topological polar surface area (TPSA) is 37.4 Å². The zero-order valence-corrected chi connectivity index (χ0v) is 12.3. The molecule has 1 aliphatic heterocycles. The predicted octanol–water partition coefficient (Wildman–Crippen LogP) is 2.76. The Hall–Kier alpha value is -1.00. The summed E-state index contributed by atoms with van der Waals surface area (Å²) in [5.41, 5.74) is 1.17. The minimum atomic E-state index is 0.0809. The summed E-state index contributed by atoms with van der Waals surface area (Å²) >= 11 is 7.10. The first kappa shape index (κ1) is 14.4. The van der Waals surface area contributed by atoms with Gasteiger partial charge in [-0.05, 0) is 24.1 Å². The van der Waals surface area contributed by atoms with E-state index in [2.05, 4.69) is 0 Å². The number of thioether (sulfide) groups is 1. The van der Waals surface area contributed by atoms with Crippen LogP contribution in [0.15, 0.2) is 24.3 Å². The summed E-state index contributed by atoms with van der Waals surface area (Å²) in [4.78, 5) is 24.7. The van der Waals surface area contributed by atoms with Gasteiger partial charge in [-0.3, -0.25) is 9.59 Å². The third-order valence-corrected chi connectivity index (χ3v) is 4.33. The number of amides is 1. The quantitative estimate of drug-likeness (QED) is 0.857. The van der Waals surface area contributed by atoms with Crippen LogP contribution in [0.1, 0.15) is 18.9 Å². The Balaban J connectivity index is 1.84. The van der Waals surface area contributed by atoms with E-state index in [-0.39, 0.29) is 16.3 Å². The van der Waals surface area contributed by atoms with Crippen LogP contribution in [0.3, 0.4) is 0 Å². The SMILES string of the molecule is CC(=O)SC1CC(=O)N(CCc2ccc(Cl)cc2)C1. The van der Waals surface area contributed by atoms with E-state index in [1.807, 2.05) is 29.2 Å². The number of carbonyl (C=O) groups is 2. The number of carbonyl (C=O) groups excluding carboxylic acids is 2. The van der Waals surface area contributed by atoms with E-state index in [0.29, 0.717) is 19.5 Å². The molecule has 1 saturated heterocycles. The van der Waals surface area contributed by atoms with Gasteiger partial charge in [0.2, 0.25) is 5.91 Å². The van der Waals surface area contributed by atoms with Gasteiger partial charge in [0.05, 0.1) is 0 Å². The molecule has 1 unspecified atom stereocenters. The van der Waals surface area contributed by atoms with E-state index in [1.54, 1.807) is 6.92 Å². The Labute approximate surface area is 122 Å². The zero-order chi connectivity index (χ0) is 13.8. The number of benzene rings is 1. The van der Waals surface area contributed by atoms with Crippen molar-refractivity contribution in [3.8, 4) is 0 Å². The molecule has 0 spiro atoms. The lowest BCUT2D eigenvalue weighted by molar-refractivity contribution is -0.127. The summed E-state index contributed by atoms with van der Waals surface area (Å²) in [6, 6.07) is 7.67. The molecule has 5 heteroatoms. The van der Waals surface area contributed by atoms with E-state index in [9.17, 15) is 9.59 Å². The van der Waals surface area contributed by atoms with E-state index in [4.69, 9.17) is 11.6 Å². The van der Waals surface area contributed by atoms with E-state index in [0.717, 1.165) is 11.4 Å². The molecule has 0 bridgehead atoms. The van der Waals surface area contributed by atoms with Crippen molar-refractivity contribution in [2.24, 2.45) is 0 Å².